The average molecular weight is 263 g/mol. The van der Waals surface area contributed by atoms with Gasteiger partial charge in [0.2, 0.25) is 0 Å². The van der Waals surface area contributed by atoms with Crippen LogP contribution in [0.3, 0.4) is 0 Å². The average Bonchev–Trinajstić information content (AvgIpc) is 2.31. The second-order valence-electron chi connectivity index (χ2n) is 3.13. The summed E-state index contributed by atoms with van der Waals surface area (Å²) >= 11 is 5.77. The first-order valence-electron chi connectivity index (χ1n) is 4.89. The number of aliphatic hydroxyl groups excluding tert-OH is 1. The van der Waals surface area contributed by atoms with Gasteiger partial charge in [0, 0.05) is 0 Å². The van der Waals surface area contributed by atoms with E-state index in [0.29, 0.717) is 0 Å². The Hall–Kier alpha value is -1.33. The minimum Gasteiger partial charge on any atom is -0.495 e. The van der Waals surface area contributed by atoms with Crippen LogP contribution < -0.4 is 4.74 Å². The van der Waals surface area contributed by atoms with Gasteiger partial charge in [-0.25, -0.2) is 9.18 Å². The van der Waals surface area contributed by atoms with Gasteiger partial charge in [0.25, 0.3) is 0 Å². The van der Waals surface area contributed by atoms with E-state index in [4.69, 9.17) is 16.3 Å². The molecule has 6 heteroatoms. The lowest BCUT2D eigenvalue weighted by atomic mass is 10.1. The number of aliphatic hydroxyl groups is 1. The summed E-state index contributed by atoms with van der Waals surface area (Å²) in [5, 5.41) is 9.79. The first kappa shape index (κ1) is 13.7. The number of carbonyl (C=O) groups is 1. The lowest BCUT2D eigenvalue weighted by molar-refractivity contribution is -0.153. The Bertz CT molecular complexity index is 422. The lowest BCUT2D eigenvalue weighted by Crippen LogP contribution is -2.17. The van der Waals surface area contributed by atoms with Gasteiger partial charge in [0.1, 0.15) is 11.6 Å². The number of hydrogen-bond donors (Lipinski definition) is 1. The second-order valence-corrected chi connectivity index (χ2v) is 3.54. The van der Waals surface area contributed by atoms with Crippen molar-refractivity contribution in [3.05, 3.63) is 28.5 Å². The van der Waals surface area contributed by atoms with E-state index in [0.717, 1.165) is 6.07 Å². The van der Waals surface area contributed by atoms with E-state index < -0.39 is 17.9 Å². The molecule has 0 bridgehead atoms. The molecule has 1 aromatic rings. The highest BCUT2D eigenvalue weighted by atomic mass is 35.5. The van der Waals surface area contributed by atoms with Crippen LogP contribution in [-0.2, 0) is 9.53 Å². The topological polar surface area (TPSA) is 55.8 Å². The van der Waals surface area contributed by atoms with Crippen molar-refractivity contribution in [1.82, 2.24) is 0 Å². The Labute approximate surface area is 103 Å². The molecule has 0 spiro atoms. The Morgan fingerprint density at radius 1 is 1.59 bits per heavy atom. The van der Waals surface area contributed by atoms with E-state index in [9.17, 15) is 14.3 Å². The van der Waals surface area contributed by atoms with Gasteiger partial charge in [-0.2, -0.15) is 0 Å². The Morgan fingerprint density at radius 2 is 2.24 bits per heavy atom. The summed E-state index contributed by atoms with van der Waals surface area (Å²) in [6.07, 6.45) is -1.76. The van der Waals surface area contributed by atoms with Crippen LogP contribution in [0.2, 0.25) is 5.02 Å². The number of halogens is 2. The molecule has 1 atom stereocenters. The van der Waals surface area contributed by atoms with E-state index >= 15 is 0 Å². The predicted octanol–water partition coefficient (Wildman–Crippen LogP) is 2.08. The number of benzene rings is 1. The molecule has 1 N–H and O–H groups in total. The minimum absolute atomic E-state index is 0.0766. The molecule has 0 radical (unpaired) electrons. The minimum atomic E-state index is -1.76. The van der Waals surface area contributed by atoms with Crippen molar-refractivity contribution < 1.29 is 23.8 Å². The van der Waals surface area contributed by atoms with Crippen molar-refractivity contribution in [2.45, 2.75) is 13.0 Å². The molecule has 0 saturated carbocycles. The van der Waals surface area contributed by atoms with E-state index in [1.54, 1.807) is 6.92 Å². The summed E-state index contributed by atoms with van der Waals surface area (Å²) in [7, 11) is 1.27. The zero-order chi connectivity index (χ0) is 13.0. The monoisotopic (exact) mass is 262 g/mol. The first-order valence-corrected chi connectivity index (χ1v) is 5.27. The van der Waals surface area contributed by atoms with Crippen molar-refractivity contribution in [2.24, 2.45) is 0 Å². The number of esters is 1. The van der Waals surface area contributed by atoms with Crippen LogP contribution >= 0.6 is 11.6 Å². The number of carbonyl (C=O) groups excluding carboxylic acids is 1. The summed E-state index contributed by atoms with van der Waals surface area (Å²) in [5.41, 5.74) is -0.321. The smallest absolute Gasteiger partial charge is 0.339 e. The molecule has 0 aliphatic rings. The van der Waals surface area contributed by atoms with Gasteiger partial charge >= 0.3 is 5.97 Å². The van der Waals surface area contributed by atoms with Crippen LogP contribution in [0.5, 0.6) is 5.75 Å². The fraction of sp³-hybridized carbons (Fsp3) is 0.364. The molecule has 0 aromatic heterocycles. The Kier molecular flexibility index (Phi) is 4.72. The van der Waals surface area contributed by atoms with Gasteiger partial charge < -0.3 is 14.6 Å². The maximum absolute atomic E-state index is 13.6. The van der Waals surface area contributed by atoms with Gasteiger partial charge in [-0.1, -0.05) is 11.6 Å². The van der Waals surface area contributed by atoms with Crippen molar-refractivity contribution in [1.29, 1.82) is 0 Å². The molecule has 0 fully saturated rings. The summed E-state index contributed by atoms with van der Waals surface area (Å²) in [6, 6.07) is 2.32. The Balaban J connectivity index is 3.20. The molecule has 17 heavy (non-hydrogen) atoms. The lowest BCUT2D eigenvalue weighted by Gasteiger charge is -2.15. The highest BCUT2D eigenvalue weighted by molar-refractivity contribution is 6.32. The Morgan fingerprint density at radius 3 is 2.76 bits per heavy atom. The molecule has 94 valence electrons. The number of hydrogen-bond acceptors (Lipinski definition) is 4. The van der Waals surface area contributed by atoms with E-state index in [2.05, 4.69) is 4.74 Å². The molecule has 1 aromatic carbocycles. The van der Waals surface area contributed by atoms with E-state index in [-0.39, 0.29) is 22.9 Å². The van der Waals surface area contributed by atoms with Gasteiger partial charge in [-0.3, -0.25) is 0 Å². The molecule has 0 heterocycles. The summed E-state index contributed by atoms with van der Waals surface area (Å²) in [6.45, 7) is 1.66. The molecular formula is C11H12ClFO4. The highest BCUT2D eigenvalue weighted by Crippen LogP contribution is 2.35. The third-order valence-corrected chi connectivity index (χ3v) is 2.38. The molecule has 0 aliphatic carbocycles. The quantitative estimate of drug-likeness (QED) is 0.844. The van der Waals surface area contributed by atoms with Crippen LogP contribution in [0.25, 0.3) is 0 Å². The van der Waals surface area contributed by atoms with Gasteiger partial charge in [0.05, 0.1) is 24.3 Å². The third kappa shape index (κ3) is 2.87. The van der Waals surface area contributed by atoms with Gasteiger partial charge in [-0.05, 0) is 19.1 Å². The molecule has 0 saturated heterocycles. The summed E-state index contributed by atoms with van der Waals surface area (Å²) < 4.78 is 23.0. The molecular weight excluding hydrogens is 251 g/mol. The molecule has 0 aliphatic heterocycles. The maximum Gasteiger partial charge on any atom is 0.339 e. The summed E-state index contributed by atoms with van der Waals surface area (Å²) in [5.74, 6) is -1.81. The molecule has 1 rings (SSSR count). The largest absolute Gasteiger partial charge is 0.495 e. The van der Waals surface area contributed by atoms with Crippen molar-refractivity contribution >= 4 is 17.6 Å². The molecule has 4 nitrogen and oxygen atoms in total. The number of methoxy groups -OCH3 is 1. The van der Waals surface area contributed by atoms with Gasteiger partial charge in [0.15, 0.2) is 6.10 Å². The van der Waals surface area contributed by atoms with Crippen LogP contribution in [0.15, 0.2) is 12.1 Å². The number of ether oxygens (including phenoxy) is 2. The van der Waals surface area contributed by atoms with Crippen molar-refractivity contribution in [3.8, 4) is 5.75 Å². The normalized spacial score (nSPS) is 12.1. The van der Waals surface area contributed by atoms with E-state index in [1.807, 2.05) is 0 Å². The van der Waals surface area contributed by atoms with Crippen LogP contribution in [0, 0.1) is 5.82 Å². The SMILES string of the molecule is CCOC(=O)C(O)c1c(F)ccc(Cl)c1OC. The van der Waals surface area contributed by atoms with Crippen LogP contribution in [0.1, 0.15) is 18.6 Å². The fourth-order valence-electron chi connectivity index (χ4n) is 1.35. The standard InChI is InChI=1S/C11H12ClFO4/c1-3-17-11(15)9(14)8-7(13)5-4-6(12)10(8)16-2/h4-5,9,14H,3H2,1-2H3. The van der Waals surface area contributed by atoms with Crippen LogP contribution in [-0.4, -0.2) is 24.8 Å². The third-order valence-electron chi connectivity index (χ3n) is 2.08. The van der Waals surface area contributed by atoms with E-state index in [1.165, 1.54) is 13.2 Å². The maximum atomic E-state index is 13.6. The number of rotatable bonds is 4. The zero-order valence-electron chi connectivity index (χ0n) is 9.37. The van der Waals surface area contributed by atoms with Crippen LogP contribution in [0.4, 0.5) is 4.39 Å². The summed E-state index contributed by atoms with van der Waals surface area (Å²) in [4.78, 5) is 11.3. The molecule has 1 unspecified atom stereocenters. The molecule has 0 amide bonds. The second kappa shape index (κ2) is 5.84. The fourth-order valence-corrected chi connectivity index (χ4v) is 1.59. The highest BCUT2D eigenvalue weighted by Gasteiger charge is 2.27. The first-order chi connectivity index (χ1) is 8.02. The van der Waals surface area contributed by atoms with Gasteiger partial charge in [-0.15, -0.1) is 0 Å². The van der Waals surface area contributed by atoms with Crippen molar-refractivity contribution in [2.75, 3.05) is 13.7 Å². The predicted molar refractivity (Wildman–Crippen MR) is 59.6 cm³/mol. The zero-order valence-corrected chi connectivity index (χ0v) is 10.1. The van der Waals surface area contributed by atoms with Crippen molar-refractivity contribution in [3.63, 3.8) is 0 Å².